The highest BCUT2D eigenvalue weighted by Gasteiger charge is 2.11. The first-order valence-corrected chi connectivity index (χ1v) is 6.47. The second-order valence-corrected chi connectivity index (χ2v) is 4.76. The molecule has 1 aromatic rings. The SMILES string of the molecule is C#CC(CC)NC(C)c1ccc(OC)c(Br)c1. The van der Waals surface area contributed by atoms with Crippen LogP contribution in [-0.2, 0) is 0 Å². The van der Waals surface area contributed by atoms with E-state index >= 15 is 0 Å². The summed E-state index contributed by atoms with van der Waals surface area (Å²) in [6.07, 6.45) is 6.37. The summed E-state index contributed by atoms with van der Waals surface area (Å²) >= 11 is 3.48. The topological polar surface area (TPSA) is 21.3 Å². The molecule has 1 rings (SSSR count). The molecular formula is C14H18BrNO. The van der Waals surface area contributed by atoms with Crippen LogP contribution >= 0.6 is 15.9 Å². The number of benzene rings is 1. The van der Waals surface area contributed by atoms with Crippen molar-refractivity contribution in [2.45, 2.75) is 32.4 Å². The van der Waals surface area contributed by atoms with E-state index in [9.17, 15) is 0 Å². The van der Waals surface area contributed by atoms with Crippen LogP contribution in [-0.4, -0.2) is 13.2 Å². The number of rotatable bonds is 5. The van der Waals surface area contributed by atoms with E-state index in [2.05, 4.69) is 47.1 Å². The van der Waals surface area contributed by atoms with Crippen LogP contribution in [0.4, 0.5) is 0 Å². The van der Waals surface area contributed by atoms with E-state index in [1.165, 1.54) is 5.56 Å². The molecule has 0 aliphatic carbocycles. The number of hydrogen-bond donors (Lipinski definition) is 1. The lowest BCUT2D eigenvalue weighted by molar-refractivity contribution is 0.411. The van der Waals surface area contributed by atoms with Gasteiger partial charge in [-0.05, 0) is 47.0 Å². The van der Waals surface area contributed by atoms with E-state index in [1.54, 1.807) is 7.11 Å². The summed E-state index contributed by atoms with van der Waals surface area (Å²) in [5.74, 6) is 3.58. The van der Waals surface area contributed by atoms with Gasteiger partial charge in [0.2, 0.25) is 0 Å². The average molecular weight is 296 g/mol. The monoisotopic (exact) mass is 295 g/mol. The maximum Gasteiger partial charge on any atom is 0.133 e. The second kappa shape index (κ2) is 6.68. The van der Waals surface area contributed by atoms with Gasteiger partial charge in [-0.25, -0.2) is 0 Å². The third kappa shape index (κ3) is 3.76. The zero-order chi connectivity index (χ0) is 12.8. The number of halogens is 1. The first-order chi connectivity index (χ1) is 8.12. The Labute approximate surface area is 112 Å². The first kappa shape index (κ1) is 14.1. The van der Waals surface area contributed by atoms with Gasteiger partial charge in [-0.15, -0.1) is 6.42 Å². The highest BCUT2D eigenvalue weighted by Crippen LogP contribution is 2.28. The van der Waals surface area contributed by atoms with Gasteiger partial charge >= 0.3 is 0 Å². The first-order valence-electron chi connectivity index (χ1n) is 5.68. The van der Waals surface area contributed by atoms with Crippen molar-refractivity contribution in [2.75, 3.05) is 7.11 Å². The molecular weight excluding hydrogens is 278 g/mol. The molecule has 0 amide bonds. The minimum Gasteiger partial charge on any atom is -0.496 e. The van der Waals surface area contributed by atoms with Crippen molar-refractivity contribution >= 4 is 15.9 Å². The third-order valence-corrected chi connectivity index (χ3v) is 3.36. The van der Waals surface area contributed by atoms with Gasteiger partial charge in [0.15, 0.2) is 0 Å². The molecule has 0 saturated carbocycles. The van der Waals surface area contributed by atoms with Gasteiger partial charge in [0.1, 0.15) is 5.75 Å². The predicted octanol–water partition coefficient (Wildman–Crippen LogP) is 3.52. The second-order valence-electron chi connectivity index (χ2n) is 3.91. The van der Waals surface area contributed by atoms with Crippen molar-refractivity contribution in [3.8, 4) is 18.1 Å². The van der Waals surface area contributed by atoms with Crippen molar-refractivity contribution in [1.82, 2.24) is 5.32 Å². The molecule has 0 aliphatic rings. The molecule has 2 unspecified atom stereocenters. The Kier molecular flexibility index (Phi) is 5.54. The Morgan fingerprint density at radius 3 is 2.71 bits per heavy atom. The lowest BCUT2D eigenvalue weighted by Gasteiger charge is -2.19. The Hall–Kier alpha value is -0.980. The van der Waals surface area contributed by atoms with Gasteiger partial charge in [0.25, 0.3) is 0 Å². The van der Waals surface area contributed by atoms with Crippen LogP contribution in [0.1, 0.15) is 31.9 Å². The number of ether oxygens (including phenoxy) is 1. The van der Waals surface area contributed by atoms with E-state index in [0.717, 1.165) is 16.6 Å². The molecule has 0 aromatic heterocycles. The zero-order valence-corrected chi connectivity index (χ0v) is 12.0. The molecule has 2 nitrogen and oxygen atoms in total. The van der Waals surface area contributed by atoms with Crippen LogP contribution in [0.3, 0.4) is 0 Å². The lowest BCUT2D eigenvalue weighted by atomic mass is 10.1. The molecule has 0 saturated heterocycles. The number of hydrogen-bond acceptors (Lipinski definition) is 2. The van der Waals surface area contributed by atoms with Gasteiger partial charge in [0, 0.05) is 6.04 Å². The highest BCUT2D eigenvalue weighted by atomic mass is 79.9. The standard InChI is InChI=1S/C14H18BrNO/c1-5-12(6-2)16-10(3)11-7-8-14(17-4)13(15)9-11/h1,7-10,12,16H,6H2,2-4H3. The molecule has 0 fully saturated rings. The molecule has 1 aromatic carbocycles. The summed E-state index contributed by atoms with van der Waals surface area (Å²) in [5, 5.41) is 3.40. The van der Waals surface area contributed by atoms with Gasteiger partial charge in [-0.1, -0.05) is 18.9 Å². The fraction of sp³-hybridized carbons (Fsp3) is 0.429. The predicted molar refractivity (Wildman–Crippen MR) is 75.2 cm³/mol. The van der Waals surface area contributed by atoms with Crippen molar-refractivity contribution in [2.24, 2.45) is 0 Å². The summed E-state index contributed by atoms with van der Waals surface area (Å²) in [6, 6.07) is 6.39. The normalized spacial score (nSPS) is 13.8. The Morgan fingerprint density at radius 2 is 2.24 bits per heavy atom. The molecule has 0 aliphatic heterocycles. The molecule has 2 atom stereocenters. The Bertz CT molecular complexity index is 411. The molecule has 1 N–H and O–H groups in total. The maximum atomic E-state index is 5.44. The summed E-state index contributed by atoms with van der Waals surface area (Å²) in [7, 11) is 1.66. The largest absolute Gasteiger partial charge is 0.496 e. The van der Waals surface area contributed by atoms with E-state index in [-0.39, 0.29) is 12.1 Å². The molecule has 0 spiro atoms. The minimum atomic E-state index is 0.117. The number of nitrogens with one attached hydrogen (secondary N) is 1. The van der Waals surface area contributed by atoms with Crippen molar-refractivity contribution < 1.29 is 4.74 Å². The Balaban J connectivity index is 2.79. The molecule has 3 heteroatoms. The van der Waals surface area contributed by atoms with Crippen LogP contribution in [0.15, 0.2) is 22.7 Å². The fourth-order valence-electron chi connectivity index (χ4n) is 1.63. The number of methoxy groups -OCH3 is 1. The van der Waals surface area contributed by atoms with E-state index < -0.39 is 0 Å². The minimum absolute atomic E-state index is 0.117. The van der Waals surface area contributed by atoms with Gasteiger partial charge in [-0.2, -0.15) is 0 Å². The quantitative estimate of drug-likeness (QED) is 0.839. The number of terminal acetylenes is 1. The van der Waals surface area contributed by atoms with E-state index in [1.807, 2.05) is 12.1 Å². The van der Waals surface area contributed by atoms with Gasteiger partial charge < -0.3 is 4.74 Å². The summed E-state index contributed by atoms with van der Waals surface area (Å²) < 4.78 is 6.16. The zero-order valence-electron chi connectivity index (χ0n) is 10.5. The summed E-state index contributed by atoms with van der Waals surface area (Å²) in [6.45, 7) is 4.18. The van der Waals surface area contributed by atoms with E-state index in [0.29, 0.717) is 0 Å². The van der Waals surface area contributed by atoms with Gasteiger partial charge in [0.05, 0.1) is 17.6 Å². The van der Waals surface area contributed by atoms with Crippen molar-refractivity contribution in [3.05, 3.63) is 28.2 Å². The fourth-order valence-corrected chi connectivity index (χ4v) is 2.19. The summed E-state index contributed by atoms with van der Waals surface area (Å²) in [5.41, 5.74) is 1.19. The molecule has 0 radical (unpaired) electrons. The molecule has 0 heterocycles. The Morgan fingerprint density at radius 1 is 1.53 bits per heavy atom. The molecule has 92 valence electrons. The van der Waals surface area contributed by atoms with Crippen molar-refractivity contribution in [1.29, 1.82) is 0 Å². The van der Waals surface area contributed by atoms with Crippen molar-refractivity contribution in [3.63, 3.8) is 0 Å². The van der Waals surface area contributed by atoms with Crippen LogP contribution in [0.2, 0.25) is 0 Å². The average Bonchev–Trinajstić information content (AvgIpc) is 2.35. The molecule has 0 bridgehead atoms. The van der Waals surface area contributed by atoms with Gasteiger partial charge in [-0.3, -0.25) is 5.32 Å². The molecule has 17 heavy (non-hydrogen) atoms. The van der Waals surface area contributed by atoms with Crippen LogP contribution in [0.25, 0.3) is 0 Å². The smallest absolute Gasteiger partial charge is 0.133 e. The van der Waals surface area contributed by atoms with Crippen LogP contribution in [0, 0.1) is 12.3 Å². The third-order valence-electron chi connectivity index (χ3n) is 2.74. The summed E-state index contributed by atoms with van der Waals surface area (Å²) in [4.78, 5) is 0. The maximum absolute atomic E-state index is 5.44. The van der Waals surface area contributed by atoms with E-state index in [4.69, 9.17) is 11.2 Å². The van der Waals surface area contributed by atoms with Crippen LogP contribution < -0.4 is 10.1 Å². The highest BCUT2D eigenvalue weighted by molar-refractivity contribution is 9.10. The van der Waals surface area contributed by atoms with Crippen LogP contribution in [0.5, 0.6) is 5.75 Å². The lowest BCUT2D eigenvalue weighted by Crippen LogP contribution is -2.29.